The van der Waals surface area contributed by atoms with E-state index in [0.29, 0.717) is 11.5 Å². The lowest BCUT2D eigenvalue weighted by molar-refractivity contribution is 0.00473. The molecule has 108 valence electrons. The van der Waals surface area contributed by atoms with Gasteiger partial charge in [0.1, 0.15) is 0 Å². The van der Waals surface area contributed by atoms with Crippen LogP contribution in [0.2, 0.25) is 0 Å². The molecule has 2 rings (SSSR count). The van der Waals surface area contributed by atoms with E-state index in [1.54, 1.807) is 0 Å². The molecule has 0 aromatic carbocycles. The van der Waals surface area contributed by atoms with Crippen molar-refractivity contribution in [1.82, 2.24) is 4.90 Å². The fraction of sp³-hybridized carbons (Fsp3) is 0.750. The summed E-state index contributed by atoms with van der Waals surface area (Å²) in [6, 6.07) is 4.84. The number of thiophene rings is 1. The molecule has 0 spiro atoms. The highest BCUT2D eigenvalue weighted by Crippen LogP contribution is 2.45. The predicted octanol–water partition coefficient (Wildman–Crippen LogP) is 4.04. The second-order valence-electron chi connectivity index (χ2n) is 6.93. The van der Waals surface area contributed by atoms with Crippen molar-refractivity contribution in [3.63, 3.8) is 0 Å². The molecule has 2 unspecified atom stereocenters. The molecule has 2 atom stereocenters. The Kier molecular flexibility index (Phi) is 4.38. The molecule has 0 bridgehead atoms. The van der Waals surface area contributed by atoms with Gasteiger partial charge in [-0.2, -0.15) is 0 Å². The minimum absolute atomic E-state index is 0.172. The van der Waals surface area contributed by atoms with Gasteiger partial charge in [-0.3, -0.25) is 4.90 Å². The highest BCUT2D eigenvalue weighted by Gasteiger charge is 2.43. The lowest BCUT2D eigenvalue weighted by atomic mass is 9.67. The maximum absolute atomic E-state index is 6.21. The first-order valence-electron chi connectivity index (χ1n) is 7.37. The average Bonchev–Trinajstić information content (AvgIpc) is 2.89. The van der Waals surface area contributed by atoms with Crippen LogP contribution in [0.25, 0.3) is 0 Å². The van der Waals surface area contributed by atoms with Gasteiger partial charge in [0.05, 0.1) is 0 Å². The predicted molar refractivity (Wildman–Crippen MR) is 84.5 cm³/mol. The molecule has 1 heterocycles. The van der Waals surface area contributed by atoms with E-state index in [9.17, 15) is 0 Å². The minimum Gasteiger partial charge on any atom is -0.329 e. The van der Waals surface area contributed by atoms with E-state index in [2.05, 4.69) is 50.2 Å². The van der Waals surface area contributed by atoms with E-state index in [4.69, 9.17) is 5.73 Å². The van der Waals surface area contributed by atoms with E-state index in [0.717, 1.165) is 6.54 Å². The van der Waals surface area contributed by atoms with Gasteiger partial charge in [0.15, 0.2) is 0 Å². The quantitative estimate of drug-likeness (QED) is 0.902. The highest BCUT2D eigenvalue weighted by atomic mass is 32.1. The fourth-order valence-corrected chi connectivity index (χ4v) is 4.54. The van der Waals surface area contributed by atoms with Crippen LogP contribution in [-0.4, -0.2) is 24.0 Å². The second-order valence-corrected chi connectivity index (χ2v) is 7.90. The van der Waals surface area contributed by atoms with Crippen LogP contribution in [0.5, 0.6) is 0 Å². The van der Waals surface area contributed by atoms with Gasteiger partial charge in [0.25, 0.3) is 0 Å². The Morgan fingerprint density at radius 2 is 2.16 bits per heavy atom. The van der Waals surface area contributed by atoms with Gasteiger partial charge in [-0.05, 0) is 50.1 Å². The summed E-state index contributed by atoms with van der Waals surface area (Å²) < 4.78 is 0. The summed E-state index contributed by atoms with van der Waals surface area (Å²) >= 11 is 1.85. The van der Waals surface area contributed by atoms with Gasteiger partial charge in [-0.25, -0.2) is 0 Å². The first kappa shape index (κ1) is 15.0. The van der Waals surface area contributed by atoms with E-state index in [1.807, 2.05) is 11.3 Å². The summed E-state index contributed by atoms with van der Waals surface area (Å²) in [5.74, 6) is 0. The normalized spacial score (nSPS) is 28.5. The van der Waals surface area contributed by atoms with E-state index in [-0.39, 0.29) is 5.54 Å². The lowest BCUT2D eigenvalue weighted by Crippen LogP contribution is -2.56. The van der Waals surface area contributed by atoms with Crippen LogP contribution in [0.1, 0.15) is 57.4 Å². The van der Waals surface area contributed by atoms with Gasteiger partial charge >= 0.3 is 0 Å². The summed E-state index contributed by atoms with van der Waals surface area (Å²) in [4.78, 5) is 3.98. The first-order chi connectivity index (χ1) is 8.90. The molecule has 1 aromatic rings. The van der Waals surface area contributed by atoms with Crippen molar-refractivity contribution < 1.29 is 0 Å². The Labute approximate surface area is 122 Å². The number of rotatable bonds is 4. The van der Waals surface area contributed by atoms with Crippen molar-refractivity contribution in [2.24, 2.45) is 11.1 Å². The van der Waals surface area contributed by atoms with Crippen molar-refractivity contribution in [1.29, 1.82) is 0 Å². The molecular weight excluding hydrogens is 252 g/mol. The Balaban J connectivity index is 2.20. The number of hydrogen-bond acceptors (Lipinski definition) is 3. The Hall–Kier alpha value is -0.380. The molecular formula is C16H28N2S. The van der Waals surface area contributed by atoms with Crippen LogP contribution in [0.3, 0.4) is 0 Å². The number of nitrogens with zero attached hydrogens (tertiary/aromatic N) is 1. The molecule has 2 N–H and O–H groups in total. The van der Waals surface area contributed by atoms with Crippen molar-refractivity contribution >= 4 is 11.3 Å². The van der Waals surface area contributed by atoms with Crippen LogP contribution in [0.15, 0.2) is 17.5 Å². The van der Waals surface area contributed by atoms with Crippen molar-refractivity contribution in [2.45, 2.75) is 58.0 Å². The van der Waals surface area contributed by atoms with Crippen LogP contribution < -0.4 is 5.73 Å². The van der Waals surface area contributed by atoms with Gasteiger partial charge in [0.2, 0.25) is 0 Å². The summed E-state index contributed by atoms with van der Waals surface area (Å²) in [7, 11) is 2.26. The van der Waals surface area contributed by atoms with Crippen molar-refractivity contribution in [2.75, 3.05) is 13.6 Å². The van der Waals surface area contributed by atoms with Crippen LogP contribution in [0, 0.1) is 5.41 Å². The van der Waals surface area contributed by atoms with Gasteiger partial charge < -0.3 is 5.73 Å². The van der Waals surface area contributed by atoms with Gasteiger partial charge in [-0.15, -0.1) is 11.3 Å². The van der Waals surface area contributed by atoms with Gasteiger partial charge in [-0.1, -0.05) is 26.3 Å². The molecule has 0 amide bonds. The molecule has 0 aliphatic heterocycles. The van der Waals surface area contributed by atoms with Crippen molar-refractivity contribution in [3.05, 3.63) is 22.4 Å². The smallest absolute Gasteiger partial charge is 0.0416 e. The molecule has 1 fully saturated rings. The molecule has 19 heavy (non-hydrogen) atoms. The van der Waals surface area contributed by atoms with Crippen LogP contribution in [0.4, 0.5) is 0 Å². The zero-order valence-electron chi connectivity index (χ0n) is 12.8. The summed E-state index contributed by atoms with van der Waals surface area (Å²) in [6.45, 7) is 7.86. The first-order valence-corrected chi connectivity index (χ1v) is 8.25. The molecule has 0 saturated heterocycles. The summed E-state index contributed by atoms with van der Waals surface area (Å²) in [6.07, 6.45) is 5.07. The molecule has 1 aliphatic carbocycles. The number of hydrogen-bond donors (Lipinski definition) is 1. The standard InChI is InChI=1S/C16H28N2S/c1-13(14-7-5-10-19-14)18(4)16(12-17)9-6-8-15(2,3)11-16/h5,7,10,13H,6,8-9,11-12,17H2,1-4H3. The summed E-state index contributed by atoms with van der Waals surface area (Å²) in [5.41, 5.74) is 6.80. The second kappa shape index (κ2) is 5.55. The molecule has 1 saturated carbocycles. The third-order valence-electron chi connectivity index (χ3n) is 4.97. The van der Waals surface area contributed by atoms with E-state index < -0.39 is 0 Å². The van der Waals surface area contributed by atoms with Crippen molar-refractivity contribution in [3.8, 4) is 0 Å². The Morgan fingerprint density at radius 3 is 2.68 bits per heavy atom. The van der Waals surface area contributed by atoms with E-state index in [1.165, 1.54) is 30.6 Å². The third kappa shape index (κ3) is 3.04. The zero-order chi connectivity index (χ0) is 14.1. The maximum Gasteiger partial charge on any atom is 0.0416 e. The number of likely N-dealkylation sites (N-methyl/N-ethyl adjacent to an activating group) is 1. The maximum atomic E-state index is 6.21. The fourth-order valence-electron chi connectivity index (χ4n) is 3.71. The average molecular weight is 280 g/mol. The highest BCUT2D eigenvalue weighted by molar-refractivity contribution is 7.10. The Bertz CT molecular complexity index is 399. The van der Waals surface area contributed by atoms with E-state index >= 15 is 0 Å². The van der Waals surface area contributed by atoms with Crippen LogP contribution >= 0.6 is 11.3 Å². The zero-order valence-corrected chi connectivity index (χ0v) is 13.6. The molecule has 0 radical (unpaired) electrons. The lowest BCUT2D eigenvalue weighted by Gasteiger charge is -2.51. The molecule has 1 aliphatic rings. The largest absolute Gasteiger partial charge is 0.329 e. The summed E-state index contributed by atoms with van der Waals surface area (Å²) in [5, 5.41) is 2.17. The molecule has 1 aromatic heterocycles. The SMILES string of the molecule is CC(c1cccs1)N(C)C1(CN)CCCC(C)(C)C1. The monoisotopic (exact) mass is 280 g/mol. The number of nitrogens with two attached hydrogens (primary N) is 1. The van der Waals surface area contributed by atoms with Gasteiger partial charge in [0, 0.05) is 23.0 Å². The topological polar surface area (TPSA) is 29.3 Å². The molecule has 3 heteroatoms. The van der Waals surface area contributed by atoms with Crippen LogP contribution in [-0.2, 0) is 0 Å². The Morgan fingerprint density at radius 1 is 1.42 bits per heavy atom. The minimum atomic E-state index is 0.172. The third-order valence-corrected chi connectivity index (χ3v) is 6.01. The molecule has 2 nitrogen and oxygen atoms in total.